The zero-order valence-electron chi connectivity index (χ0n) is 24.8. The maximum atomic E-state index is 13.4. The number of aliphatic carboxylic acids is 1. The van der Waals surface area contributed by atoms with Crippen molar-refractivity contribution in [2.75, 3.05) is 0 Å². The van der Waals surface area contributed by atoms with Gasteiger partial charge in [0.05, 0.1) is 6.04 Å². The molecule has 4 unspecified atom stereocenters. The number of para-hydroxylation sites is 2. The summed E-state index contributed by atoms with van der Waals surface area (Å²) >= 11 is 0. The van der Waals surface area contributed by atoms with Crippen molar-refractivity contribution in [2.24, 2.45) is 17.6 Å². The molecule has 11 nitrogen and oxygen atoms in total. The number of nitrogens with two attached hydrogens (primary N) is 1. The molecule has 0 spiro atoms. The normalized spacial score (nSPS) is 14.4. The van der Waals surface area contributed by atoms with Crippen LogP contribution in [0.4, 0.5) is 0 Å². The van der Waals surface area contributed by atoms with Gasteiger partial charge in [-0.05, 0) is 41.5 Å². The predicted octanol–water partition coefficient (Wildman–Crippen LogP) is 2.61. The van der Waals surface area contributed by atoms with Gasteiger partial charge in [0.15, 0.2) is 0 Å². The first-order chi connectivity index (χ1) is 20.5. The second-order valence-electron chi connectivity index (χ2n) is 11.6. The van der Waals surface area contributed by atoms with Crippen molar-refractivity contribution in [3.63, 3.8) is 0 Å². The van der Waals surface area contributed by atoms with Gasteiger partial charge in [0.1, 0.15) is 18.1 Å². The van der Waals surface area contributed by atoms with Gasteiger partial charge in [0, 0.05) is 40.6 Å². The van der Waals surface area contributed by atoms with Crippen LogP contribution in [0.3, 0.4) is 0 Å². The number of carbonyl (C=O) groups excluding carboxylic acids is 3. The summed E-state index contributed by atoms with van der Waals surface area (Å²) in [6.45, 7) is 7.06. The van der Waals surface area contributed by atoms with Crippen molar-refractivity contribution in [2.45, 2.75) is 64.7 Å². The molecule has 0 bridgehead atoms. The largest absolute Gasteiger partial charge is 0.480 e. The number of aromatic nitrogens is 2. The van der Waals surface area contributed by atoms with E-state index < -0.39 is 47.9 Å². The average molecular weight is 589 g/mol. The molecule has 228 valence electrons. The molecule has 43 heavy (non-hydrogen) atoms. The average Bonchev–Trinajstić information content (AvgIpc) is 3.57. The van der Waals surface area contributed by atoms with Gasteiger partial charge in [-0.25, -0.2) is 4.79 Å². The van der Waals surface area contributed by atoms with Gasteiger partial charge in [0.2, 0.25) is 17.7 Å². The minimum Gasteiger partial charge on any atom is -0.480 e. The van der Waals surface area contributed by atoms with E-state index in [0.717, 1.165) is 32.9 Å². The summed E-state index contributed by atoms with van der Waals surface area (Å²) in [5.41, 5.74) is 9.68. The Morgan fingerprint density at radius 1 is 0.698 bits per heavy atom. The third-order valence-electron chi connectivity index (χ3n) is 7.66. The monoisotopic (exact) mass is 588 g/mol. The molecule has 2 aromatic carbocycles. The molecule has 4 rings (SSSR count). The van der Waals surface area contributed by atoms with Gasteiger partial charge in [-0.2, -0.15) is 0 Å². The summed E-state index contributed by atoms with van der Waals surface area (Å²) in [5.74, 6) is -3.54. The molecule has 4 atom stereocenters. The molecule has 11 heteroatoms. The Kier molecular flexibility index (Phi) is 9.87. The van der Waals surface area contributed by atoms with Crippen LogP contribution < -0.4 is 21.7 Å². The SMILES string of the molecule is CC(C)C(NC(=O)C(N)Cc1c[nH]c2ccccc12)C(=O)NC(C(=O)NC(Cc1c[nH]c2ccccc12)C(=O)O)C(C)C. The highest BCUT2D eigenvalue weighted by Crippen LogP contribution is 2.20. The highest BCUT2D eigenvalue weighted by Gasteiger charge is 2.33. The molecule has 0 radical (unpaired) electrons. The molecule has 0 aliphatic carbocycles. The van der Waals surface area contributed by atoms with Crippen LogP contribution in [0.15, 0.2) is 60.9 Å². The van der Waals surface area contributed by atoms with E-state index in [1.54, 1.807) is 33.9 Å². The van der Waals surface area contributed by atoms with E-state index in [2.05, 4.69) is 25.9 Å². The Morgan fingerprint density at radius 3 is 1.63 bits per heavy atom. The lowest BCUT2D eigenvalue weighted by Gasteiger charge is -2.28. The van der Waals surface area contributed by atoms with Crippen LogP contribution in [-0.4, -0.2) is 62.9 Å². The van der Waals surface area contributed by atoms with Crippen LogP contribution >= 0.6 is 0 Å². The van der Waals surface area contributed by atoms with E-state index in [1.807, 2.05) is 54.7 Å². The fraction of sp³-hybridized carbons (Fsp3) is 0.375. The summed E-state index contributed by atoms with van der Waals surface area (Å²) < 4.78 is 0. The number of benzene rings is 2. The molecular formula is C32H40N6O5. The Labute approximate surface area is 250 Å². The molecule has 0 aliphatic heterocycles. The molecule has 2 heterocycles. The Hall–Kier alpha value is -4.64. The number of H-pyrrole nitrogens is 2. The molecule has 4 aromatic rings. The van der Waals surface area contributed by atoms with E-state index in [9.17, 15) is 24.3 Å². The maximum Gasteiger partial charge on any atom is 0.326 e. The maximum absolute atomic E-state index is 13.4. The molecule has 0 fully saturated rings. The van der Waals surface area contributed by atoms with Crippen molar-refractivity contribution < 1.29 is 24.3 Å². The Morgan fingerprint density at radius 2 is 1.14 bits per heavy atom. The quantitative estimate of drug-likeness (QED) is 0.126. The molecule has 3 amide bonds. The van der Waals surface area contributed by atoms with Crippen molar-refractivity contribution in [3.8, 4) is 0 Å². The number of rotatable bonds is 13. The second kappa shape index (κ2) is 13.6. The summed E-state index contributed by atoms with van der Waals surface area (Å²) in [6, 6.07) is 11.1. The lowest BCUT2D eigenvalue weighted by Crippen LogP contribution is -2.59. The van der Waals surface area contributed by atoms with E-state index >= 15 is 0 Å². The zero-order valence-corrected chi connectivity index (χ0v) is 24.8. The third-order valence-corrected chi connectivity index (χ3v) is 7.66. The van der Waals surface area contributed by atoms with Gasteiger partial charge >= 0.3 is 5.97 Å². The van der Waals surface area contributed by atoms with E-state index in [1.165, 1.54) is 0 Å². The van der Waals surface area contributed by atoms with E-state index in [0.29, 0.717) is 0 Å². The second-order valence-corrected chi connectivity index (χ2v) is 11.6. The van der Waals surface area contributed by atoms with Gasteiger partial charge in [-0.15, -0.1) is 0 Å². The number of fused-ring (bicyclic) bond motifs is 2. The summed E-state index contributed by atoms with van der Waals surface area (Å²) in [4.78, 5) is 58.2. The van der Waals surface area contributed by atoms with Gasteiger partial charge in [0.25, 0.3) is 0 Å². The number of hydrogen-bond donors (Lipinski definition) is 7. The summed E-state index contributed by atoms with van der Waals surface area (Å²) in [7, 11) is 0. The highest BCUT2D eigenvalue weighted by molar-refractivity contribution is 5.95. The molecular weight excluding hydrogens is 548 g/mol. The van der Waals surface area contributed by atoms with Crippen molar-refractivity contribution in [1.82, 2.24) is 25.9 Å². The summed E-state index contributed by atoms with van der Waals surface area (Å²) in [6.07, 6.45) is 3.88. The number of aromatic amines is 2. The minimum absolute atomic E-state index is 0.0584. The lowest BCUT2D eigenvalue weighted by molar-refractivity contribution is -0.142. The molecule has 8 N–H and O–H groups in total. The highest BCUT2D eigenvalue weighted by atomic mass is 16.4. The van der Waals surface area contributed by atoms with Crippen LogP contribution in [0, 0.1) is 11.8 Å². The van der Waals surface area contributed by atoms with Crippen LogP contribution in [0.1, 0.15) is 38.8 Å². The first-order valence-corrected chi connectivity index (χ1v) is 14.5. The molecule has 2 aromatic heterocycles. The van der Waals surface area contributed by atoms with Crippen molar-refractivity contribution in [3.05, 3.63) is 72.1 Å². The number of hydrogen-bond acceptors (Lipinski definition) is 5. The van der Waals surface area contributed by atoms with Crippen molar-refractivity contribution in [1.29, 1.82) is 0 Å². The minimum atomic E-state index is -1.21. The number of carboxylic acid groups (broad SMARTS) is 1. The van der Waals surface area contributed by atoms with E-state index in [4.69, 9.17) is 5.73 Å². The number of carbonyl (C=O) groups is 4. The van der Waals surface area contributed by atoms with Crippen LogP contribution in [-0.2, 0) is 32.0 Å². The first-order valence-electron chi connectivity index (χ1n) is 14.5. The molecule has 0 aliphatic rings. The smallest absolute Gasteiger partial charge is 0.326 e. The standard InChI is InChI=1S/C32H40N6O5/c1-17(2)27(30(40)36-26(32(42)43)14-20-16-35-25-12-8-6-10-22(20)25)38-31(41)28(18(3)4)37-29(39)23(33)13-19-15-34-24-11-7-5-9-21(19)24/h5-12,15-18,23,26-28,34-35H,13-14,33H2,1-4H3,(H,36,40)(H,37,39)(H,38,41)(H,42,43). The van der Waals surface area contributed by atoms with Crippen LogP contribution in [0.5, 0.6) is 0 Å². The number of nitrogens with one attached hydrogen (secondary N) is 5. The van der Waals surface area contributed by atoms with Crippen molar-refractivity contribution >= 4 is 45.5 Å². The predicted molar refractivity (Wildman–Crippen MR) is 165 cm³/mol. The zero-order chi connectivity index (χ0) is 31.3. The number of amides is 3. The fourth-order valence-electron chi connectivity index (χ4n) is 5.19. The Balaban J connectivity index is 1.41. The Bertz CT molecular complexity index is 1610. The summed E-state index contributed by atoms with van der Waals surface area (Å²) in [5, 5.41) is 19.8. The molecule has 0 saturated heterocycles. The van der Waals surface area contributed by atoms with E-state index in [-0.39, 0.29) is 24.7 Å². The van der Waals surface area contributed by atoms with Gasteiger partial charge < -0.3 is 36.8 Å². The third kappa shape index (κ3) is 7.42. The van der Waals surface area contributed by atoms with Crippen LogP contribution in [0.2, 0.25) is 0 Å². The number of carboxylic acids is 1. The van der Waals surface area contributed by atoms with Crippen LogP contribution in [0.25, 0.3) is 21.8 Å². The topological polar surface area (TPSA) is 182 Å². The fourth-order valence-corrected chi connectivity index (χ4v) is 5.19. The molecule has 0 saturated carbocycles. The van der Waals surface area contributed by atoms with Gasteiger partial charge in [-0.1, -0.05) is 64.1 Å². The first kappa shape index (κ1) is 31.3. The lowest BCUT2D eigenvalue weighted by atomic mass is 9.98. The van der Waals surface area contributed by atoms with Gasteiger partial charge in [-0.3, -0.25) is 14.4 Å².